The molecule has 18 heavy (non-hydrogen) atoms. The second-order valence-electron chi connectivity index (χ2n) is 4.40. The number of nitrogens with zero attached hydrogens (tertiary/aromatic N) is 1. The Hall–Kier alpha value is -1.69. The SMILES string of the molecule is O=[N+]([O-])c1cccc(F)c1NCC[C@@H]1CCCN1. The Balaban J connectivity index is 1.97. The second kappa shape index (κ2) is 5.77. The van der Waals surface area contributed by atoms with Gasteiger partial charge in [-0.1, -0.05) is 6.07 Å². The molecule has 1 saturated heterocycles. The van der Waals surface area contributed by atoms with E-state index in [1.807, 2.05) is 0 Å². The number of hydrogen-bond donors (Lipinski definition) is 2. The van der Waals surface area contributed by atoms with Crippen LogP contribution in [0.3, 0.4) is 0 Å². The van der Waals surface area contributed by atoms with E-state index in [0.717, 1.165) is 25.8 Å². The summed E-state index contributed by atoms with van der Waals surface area (Å²) in [6, 6.07) is 4.31. The zero-order valence-electron chi connectivity index (χ0n) is 9.99. The molecule has 0 amide bonds. The summed E-state index contributed by atoms with van der Waals surface area (Å²) in [5.41, 5.74) is -0.227. The zero-order chi connectivity index (χ0) is 13.0. The molecule has 98 valence electrons. The van der Waals surface area contributed by atoms with Crippen LogP contribution in [0.25, 0.3) is 0 Å². The summed E-state index contributed by atoms with van der Waals surface area (Å²) in [6.45, 7) is 1.55. The minimum atomic E-state index is -0.580. The lowest BCUT2D eigenvalue weighted by Gasteiger charge is -2.12. The summed E-state index contributed by atoms with van der Waals surface area (Å²) < 4.78 is 13.5. The van der Waals surface area contributed by atoms with E-state index in [-0.39, 0.29) is 11.4 Å². The first-order chi connectivity index (χ1) is 8.68. The number of nitro groups is 1. The fraction of sp³-hybridized carbons (Fsp3) is 0.500. The Morgan fingerprint density at radius 2 is 2.39 bits per heavy atom. The lowest BCUT2D eigenvalue weighted by atomic mass is 10.1. The molecule has 0 saturated carbocycles. The number of anilines is 1. The number of hydrogen-bond acceptors (Lipinski definition) is 4. The quantitative estimate of drug-likeness (QED) is 0.624. The first kappa shape index (κ1) is 12.8. The number of nitrogens with one attached hydrogen (secondary N) is 2. The minimum Gasteiger partial charge on any atom is -0.377 e. The van der Waals surface area contributed by atoms with Gasteiger partial charge in [0.1, 0.15) is 5.69 Å². The summed E-state index contributed by atoms with van der Waals surface area (Å²) in [7, 11) is 0. The van der Waals surface area contributed by atoms with Crippen LogP contribution in [0.1, 0.15) is 19.3 Å². The molecule has 2 N–H and O–H groups in total. The normalized spacial score (nSPS) is 18.8. The maximum Gasteiger partial charge on any atom is 0.295 e. The molecule has 5 nitrogen and oxygen atoms in total. The molecule has 1 aliphatic heterocycles. The highest BCUT2D eigenvalue weighted by Gasteiger charge is 2.18. The first-order valence-corrected chi connectivity index (χ1v) is 6.08. The van der Waals surface area contributed by atoms with E-state index < -0.39 is 10.7 Å². The van der Waals surface area contributed by atoms with Crippen molar-refractivity contribution in [3.63, 3.8) is 0 Å². The molecule has 0 bridgehead atoms. The highest BCUT2D eigenvalue weighted by molar-refractivity contribution is 5.62. The van der Waals surface area contributed by atoms with E-state index in [2.05, 4.69) is 10.6 Å². The summed E-state index contributed by atoms with van der Waals surface area (Å²) >= 11 is 0. The largest absolute Gasteiger partial charge is 0.377 e. The molecule has 0 aromatic heterocycles. The fourth-order valence-electron chi connectivity index (χ4n) is 2.21. The van der Waals surface area contributed by atoms with Gasteiger partial charge in [-0.2, -0.15) is 0 Å². The van der Waals surface area contributed by atoms with Crippen molar-refractivity contribution < 1.29 is 9.31 Å². The highest BCUT2D eigenvalue weighted by Crippen LogP contribution is 2.27. The van der Waals surface area contributed by atoms with Gasteiger partial charge in [-0.3, -0.25) is 10.1 Å². The topological polar surface area (TPSA) is 67.2 Å². The van der Waals surface area contributed by atoms with Gasteiger partial charge < -0.3 is 10.6 Å². The summed E-state index contributed by atoms with van der Waals surface area (Å²) in [5.74, 6) is -0.580. The van der Waals surface area contributed by atoms with E-state index in [9.17, 15) is 14.5 Å². The zero-order valence-corrected chi connectivity index (χ0v) is 9.99. The Morgan fingerprint density at radius 3 is 3.06 bits per heavy atom. The molecule has 0 unspecified atom stereocenters. The van der Waals surface area contributed by atoms with Crippen molar-refractivity contribution in [2.24, 2.45) is 0 Å². The standard InChI is InChI=1S/C12H16FN3O2/c13-10-4-1-5-11(16(17)18)12(10)15-8-6-9-3-2-7-14-9/h1,4-5,9,14-15H,2-3,6-8H2/t9-/m0/s1. The van der Waals surface area contributed by atoms with E-state index in [0.29, 0.717) is 12.6 Å². The maximum absolute atomic E-state index is 13.5. The van der Waals surface area contributed by atoms with Crippen LogP contribution >= 0.6 is 0 Å². The van der Waals surface area contributed by atoms with E-state index >= 15 is 0 Å². The molecule has 1 aromatic rings. The van der Waals surface area contributed by atoms with Crippen LogP contribution in [0.15, 0.2) is 18.2 Å². The van der Waals surface area contributed by atoms with Gasteiger partial charge >= 0.3 is 0 Å². The molecule has 1 aliphatic rings. The third kappa shape index (κ3) is 2.95. The van der Waals surface area contributed by atoms with E-state index in [1.54, 1.807) is 0 Å². The summed E-state index contributed by atoms with van der Waals surface area (Å²) in [4.78, 5) is 10.2. The van der Waals surface area contributed by atoms with Crippen molar-refractivity contribution in [2.45, 2.75) is 25.3 Å². The van der Waals surface area contributed by atoms with Crippen molar-refractivity contribution >= 4 is 11.4 Å². The molecule has 2 rings (SSSR count). The maximum atomic E-state index is 13.5. The van der Waals surface area contributed by atoms with Gasteiger partial charge in [0, 0.05) is 18.7 Å². The Bertz CT molecular complexity index is 433. The average molecular weight is 253 g/mol. The number of rotatable bonds is 5. The van der Waals surface area contributed by atoms with Crippen LogP contribution in [0.2, 0.25) is 0 Å². The monoisotopic (exact) mass is 253 g/mol. The Labute approximate surface area is 105 Å². The third-order valence-corrected chi connectivity index (χ3v) is 3.15. The minimum absolute atomic E-state index is 0.0134. The average Bonchev–Trinajstić information content (AvgIpc) is 2.84. The molecule has 0 aliphatic carbocycles. The third-order valence-electron chi connectivity index (χ3n) is 3.15. The highest BCUT2D eigenvalue weighted by atomic mass is 19.1. The molecule has 1 aromatic carbocycles. The molecule has 1 atom stereocenters. The number of para-hydroxylation sites is 1. The van der Waals surface area contributed by atoms with Gasteiger partial charge in [0.25, 0.3) is 5.69 Å². The molecule has 1 fully saturated rings. The molecule has 0 radical (unpaired) electrons. The van der Waals surface area contributed by atoms with Crippen molar-refractivity contribution in [1.82, 2.24) is 5.32 Å². The van der Waals surface area contributed by atoms with Gasteiger partial charge in [0.15, 0.2) is 5.82 Å². The molecular formula is C12H16FN3O2. The Kier molecular flexibility index (Phi) is 4.09. The number of benzene rings is 1. The van der Waals surface area contributed by atoms with Crippen LogP contribution in [-0.4, -0.2) is 24.1 Å². The van der Waals surface area contributed by atoms with E-state index in [4.69, 9.17) is 0 Å². The summed E-state index contributed by atoms with van der Waals surface area (Å²) in [6.07, 6.45) is 3.11. The van der Waals surface area contributed by atoms with Crippen LogP contribution in [0, 0.1) is 15.9 Å². The van der Waals surface area contributed by atoms with Gasteiger partial charge in [-0.25, -0.2) is 4.39 Å². The number of nitro benzene ring substituents is 1. The van der Waals surface area contributed by atoms with Crippen molar-refractivity contribution in [3.8, 4) is 0 Å². The van der Waals surface area contributed by atoms with Crippen LogP contribution < -0.4 is 10.6 Å². The smallest absolute Gasteiger partial charge is 0.295 e. The van der Waals surface area contributed by atoms with Crippen LogP contribution in [0.4, 0.5) is 15.8 Å². The molecular weight excluding hydrogens is 237 g/mol. The van der Waals surface area contributed by atoms with Crippen molar-refractivity contribution in [2.75, 3.05) is 18.4 Å². The molecule has 0 spiro atoms. The lowest BCUT2D eigenvalue weighted by molar-refractivity contribution is -0.384. The Morgan fingerprint density at radius 1 is 1.56 bits per heavy atom. The van der Waals surface area contributed by atoms with Gasteiger partial charge in [0.2, 0.25) is 0 Å². The van der Waals surface area contributed by atoms with E-state index in [1.165, 1.54) is 18.2 Å². The number of halogens is 1. The molecule has 6 heteroatoms. The van der Waals surface area contributed by atoms with Gasteiger partial charge in [0.05, 0.1) is 4.92 Å². The first-order valence-electron chi connectivity index (χ1n) is 6.08. The predicted octanol–water partition coefficient (Wildman–Crippen LogP) is 2.29. The fourth-order valence-corrected chi connectivity index (χ4v) is 2.21. The van der Waals surface area contributed by atoms with Crippen molar-refractivity contribution in [3.05, 3.63) is 34.1 Å². The molecule has 1 heterocycles. The van der Waals surface area contributed by atoms with Gasteiger partial charge in [-0.15, -0.1) is 0 Å². The second-order valence-corrected chi connectivity index (χ2v) is 4.40. The summed E-state index contributed by atoms with van der Waals surface area (Å²) in [5, 5.41) is 16.9. The van der Waals surface area contributed by atoms with Crippen LogP contribution in [0.5, 0.6) is 0 Å². The predicted molar refractivity (Wildman–Crippen MR) is 67.2 cm³/mol. The van der Waals surface area contributed by atoms with Gasteiger partial charge in [-0.05, 0) is 31.9 Å². The van der Waals surface area contributed by atoms with Crippen LogP contribution in [-0.2, 0) is 0 Å². The van der Waals surface area contributed by atoms with Crippen molar-refractivity contribution in [1.29, 1.82) is 0 Å². The lowest BCUT2D eigenvalue weighted by Crippen LogP contribution is -2.24.